The van der Waals surface area contributed by atoms with Gasteiger partial charge in [0.25, 0.3) is 0 Å². The first kappa shape index (κ1) is 28.2. The van der Waals surface area contributed by atoms with Crippen molar-refractivity contribution in [3.8, 4) is 44.9 Å². The van der Waals surface area contributed by atoms with E-state index in [4.69, 9.17) is 15.0 Å². The van der Waals surface area contributed by atoms with Crippen LogP contribution in [-0.4, -0.2) is 24.9 Å². The predicted octanol–water partition coefficient (Wildman–Crippen LogP) is 11.1. The minimum absolute atomic E-state index is 0.871. The van der Waals surface area contributed by atoms with E-state index in [-0.39, 0.29) is 0 Å². The second kappa shape index (κ2) is 11.4. The van der Waals surface area contributed by atoms with Gasteiger partial charge >= 0.3 is 0 Å². The van der Waals surface area contributed by atoms with Crippen LogP contribution in [0.5, 0.6) is 0 Å². The lowest BCUT2D eigenvalue weighted by Crippen LogP contribution is -1.90. The molecule has 0 radical (unpaired) electrons. The van der Waals surface area contributed by atoms with Crippen LogP contribution in [0.1, 0.15) is 0 Å². The van der Waals surface area contributed by atoms with Gasteiger partial charge in [-0.2, -0.15) is 0 Å². The summed E-state index contributed by atoms with van der Waals surface area (Å²) in [6, 6.07) is 52.7. The van der Waals surface area contributed by atoms with Crippen molar-refractivity contribution in [3.63, 3.8) is 0 Å². The Kier molecular flexibility index (Phi) is 6.42. The highest BCUT2D eigenvalue weighted by Crippen LogP contribution is 2.35. The molecular formula is C45H27N5. The van der Waals surface area contributed by atoms with Crippen LogP contribution in [0, 0.1) is 0 Å². The zero-order valence-electron chi connectivity index (χ0n) is 26.8. The summed E-state index contributed by atoms with van der Waals surface area (Å²) in [6.07, 6.45) is 3.65. The summed E-state index contributed by atoms with van der Waals surface area (Å²) < 4.78 is 0. The van der Waals surface area contributed by atoms with Gasteiger partial charge in [-0.25, -0.2) is 15.0 Å². The molecule has 5 aromatic carbocycles. The summed E-state index contributed by atoms with van der Waals surface area (Å²) in [6.45, 7) is 0. The largest absolute Gasteiger partial charge is 0.254 e. The molecule has 5 nitrogen and oxygen atoms in total. The van der Waals surface area contributed by atoms with Crippen LogP contribution >= 0.6 is 0 Å². The van der Waals surface area contributed by atoms with Gasteiger partial charge in [0, 0.05) is 44.9 Å². The number of nitrogens with zero attached hydrogens (tertiary/aromatic N) is 5. The highest BCUT2D eigenvalue weighted by molar-refractivity contribution is 6.10. The van der Waals surface area contributed by atoms with Crippen molar-refractivity contribution in [1.82, 2.24) is 24.9 Å². The molecule has 232 valence electrons. The molecule has 5 heteroatoms. The fourth-order valence-electron chi connectivity index (χ4n) is 6.96. The topological polar surface area (TPSA) is 64.5 Å². The fourth-order valence-corrected chi connectivity index (χ4v) is 6.96. The molecule has 0 aliphatic rings. The van der Waals surface area contributed by atoms with Crippen LogP contribution in [-0.2, 0) is 0 Å². The molecule has 5 aromatic heterocycles. The molecule has 0 N–H and O–H groups in total. The Morgan fingerprint density at radius 1 is 0.320 bits per heavy atom. The molecule has 0 aliphatic carbocycles. The Morgan fingerprint density at radius 2 is 0.860 bits per heavy atom. The van der Waals surface area contributed by atoms with Gasteiger partial charge in [-0.15, -0.1) is 0 Å². The summed E-state index contributed by atoms with van der Waals surface area (Å²) in [5.41, 5.74) is 13.1. The van der Waals surface area contributed by atoms with E-state index in [2.05, 4.69) is 125 Å². The zero-order valence-corrected chi connectivity index (χ0v) is 26.8. The highest BCUT2D eigenvalue weighted by Gasteiger charge is 2.12. The third-order valence-corrected chi connectivity index (χ3v) is 9.53. The first-order chi connectivity index (χ1) is 24.7. The minimum Gasteiger partial charge on any atom is -0.254 e. The first-order valence-electron chi connectivity index (χ1n) is 16.7. The molecule has 0 unspecified atom stereocenters. The normalized spacial score (nSPS) is 11.6. The molecule has 5 heterocycles. The average molecular weight is 638 g/mol. The van der Waals surface area contributed by atoms with Crippen LogP contribution < -0.4 is 0 Å². The molecule has 0 bridgehead atoms. The summed E-state index contributed by atoms with van der Waals surface area (Å²) in [4.78, 5) is 24.1. The quantitative estimate of drug-likeness (QED) is 0.180. The van der Waals surface area contributed by atoms with Crippen molar-refractivity contribution in [3.05, 3.63) is 164 Å². The van der Waals surface area contributed by atoms with E-state index < -0.39 is 0 Å². The van der Waals surface area contributed by atoms with Crippen LogP contribution in [0.25, 0.3) is 99.4 Å². The van der Waals surface area contributed by atoms with Gasteiger partial charge in [-0.1, -0.05) is 84.9 Å². The van der Waals surface area contributed by atoms with Gasteiger partial charge in [-0.3, -0.25) is 9.97 Å². The lowest BCUT2D eigenvalue weighted by atomic mass is 9.96. The van der Waals surface area contributed by atoms with Gasteiger partial charge in [0.05, 0.1) is 44.7 Å². The van der Waals surface area contributed by atoms with Crippen LogP contribution in [0.3, 0.4) is 0 Å². The summed E-state index contributed by atoms with van der Waals surface area (Å²) >= 11 is 0. The predicted molar refractivity (Wildman–Crippen MR) is 205 cm³/mol. The van der Waals surface area contributed by atoms with Gasteiger partial charge in [0.2, 0.25) is 0 Å². The SMILES string of the molecule is c1ccc2nc(-c3ccc4cc(-c5ccc6nc(-c7ccc(-c8cc9cccnc9c9ncccc89)cc7)ccc6c5)ccc4n3)ccc2c1. The molecule has 0 saturated heterocycles. The minimum atomic E-state index is 0.871. The van der Waals surface area contributed by atoms with Crippen molar-refractivity contribution in [2.45, 2.75) is 0 Å². The fraction of sp³-hybridized carbons (Fsp3) is 0. The van der Waals surface area contributed by atoms with E-state index in [1.54, 1.807) is 0 Å². The molecule has 0 fully saturated rings. The van der Waals surface area contributed by atoms with E-state index in [1.165, 1.54) is 0 Å². The van der Waals surface area contributed by atoms with Gasteiger partial charge in [0.15, 0.2) is 0 Å². The van der Waals surface area contributed by atoms with Crippen molar-refractivity contribution < 1.29 is 0 Å². The monoisotopic (exact) mass is 637 g/mol. The van der Waals surface area contributed by atoms with Crippen LogP contribution in [0.15, 0.2) is 164 Å². The smallest absolute Gasteiger partial charge is 0.0970 e. The third-order valence-electron chi connectivity index (χ3n) is 9.53. The summed E-state index contributed by atoms with van der Waals surface area (Å²) in [5, 5.41) is 5.49. The molecule has 0 amide bonds. The number of aromatic nitrogens is 5. The van der Waals surface area contributed by atoms with Crippen molar-refractivity contribution in [1.29, 1.82) is 0 Å². The molecule has 0 atom stereocenters. The molecule has 10 rings (SSSR count). The maximum Gasteiger partial charge on any atom is 0.0970 e. The second-order valence-corrected chi connectivity index (χ2v) is 12.6. The highest BCUT2D eigenvalue weighted by atomic mass is 14.8. The van der Waals surface area contributed by atoms with Crippen LogP contribution in [0.2, 0.25) is 0 Å². The molecule has 0 aliphatic heterocycles. The zero-order chi connectivity index (χ0) is 33.0. The average Bonchev–Trinajstić information content (AvgIpc) is 3.19. The summed E-state index contributed by atoms with van der Waals surface area (Å²) in [7, 11) is 0. The first-order valence-corrected chi connectivity index (χ1v) is 16.7. The Hall–Kier alpha value is -6.85. The van der Waals surface area contributed by atoms with Crippen LogP contribution in [0.4, 0.5) is 0 Å². The molecule has 50 heavy (non-hydrogen) atoms. The van der Waals surface area contributed by atoms with E-state index >= 15 is 0 Å². The molecular weight excluding hydrogens is 611 g/mol. The number of rotatable bonds is 4. The second-order valence-electron chi connectivity index (χ2n) is 12.6. The van der Waals surface area contributed by atoms with Crippen molar-refractivity contribution in [2.75, 3.05) is 0 Å². The Balaban J connectivity index is 0.936. The number of benzene rings is 5. The standard InChI is InChI=1S/C45H27N5/c1-2-8-38-29(5-1)13-21-42(49-38)43-22-17-34-26-32(15-19-41(34)50-43)31-14-18-40-33(25-31)16-20-39(48-40)30-11-9-28(10-12-30)37-27-35-6-3-23-46-44(35)45-36(37)7-4-24-47-45/h1-27H. The van der Waals surface area contributed by atoms with E-state index in [9.17, 15) is 0 Å². The number of fused-ring (bicyclic) bond motifs is 6. The van der Waals surface area contributed by atoms with Gasteiger partial charge < -0.3 is 0 Å². The lowest BCUT2D eigenvalue weighted by molar-refractivity contribution is 1.32. The number of para-hydroxylation sites is 1. The Bertz CT molecular complexity index is 2930. The maximum absolute atomic E-state index is 5.05. The molecule has 10 aromatic rings. The van der Waals surface area contributed by atoms with E-state index in [0.717, 1.165) is 99.4 Å². The molecule has 0 saturated carbocycles. The summed E-state index contributed by atoms with van der Waals surface area (Å²) in [5.74, 6) is 0. The van der Waals surface area contributed by atoms with E-state index in [1.807, 2.05) is 48.8 Å². The number of hydrogen-bond donors (Lipinski definition) is 0. The molecule has 0 spiro atoms. The van der Waals surface area contributed by atoms with Gasteiger partial charge in [-0.05, 0) is 89.0 Å². The number of pyridine rings is 5. The van der Waals surface area contributed by atoms with E-state index in [0.29, 0.717) is 0 Å². The number of hydrogen-bond acceptors (Lipinski definition) is 5. The van der Waals surface area contributed by atoms with Crippen molar-refractivity contribution in [2.24, 2.45) is 0 Å². The maximum atomic E-state index is 5.05. The van der Waals surface area contributed by atoms with Crippen molar-refractivity contribution >= 4 is 54.5 Å². The van der Waals surface area contributed by atoms with Gasteiger partial charge in [0.1, 0.15) is 0 Å². The third kappa shape index (κ3) is 4.83. The Morgan fingerprint density at radius 3 is 1.60 bits per heavy atom. The Labute approximate surface area is 287 Å². The lowest BCUT2D eigenvalue weighted by Gasteiger charge is -2.11.